The second-order valence-electron chi connectivity index (χ2n) is 8.56. The fourth-order valence-corrected chi connectivity index (χ4v) is 5.17. The summed E-state index contributed by atoms with van der Waals surface area (Å²) in [7, 11) is 2.98. The molecule has 38 heavy (non-hydrogen) atoms. The molecule has 1 aromatic heterocycles. The van der Waals surface area contributed by atoms with E-state index in [9.17, 15) is 14.7 Å². The highest BCUT2D eigenvalue weighted by molar-refractivity contribution is 7.09. The van der Waals surface area contributed by atoms with Crippen LogP contribution < -0.4 is 14.2 Å². The lowest BCUT2D eigenvalue weighted by atomic mass is 9.94. The third-order valence-corrected chi connectivity index (χ3v) is 7.12. The van der Waals surface area contributed by atoms with Gasteiger partial charge in [0.25, 0.3) is 11.7 Å². The number of carbonyl (C=O) groups is 2. The molecule has 1 saturated heterocycles. The van der Waals surface area contributed by atoms with Crippen LogP contribution in [0.4, 0.5) is 0 Å². The zero-order chi connectivity index (χ0) is 26.6. The molecule has 192 valence electrons. The van der Waals surface area contributed by atoms with Crippen LogP contribution in [-0.2, 0) is 16.1 Å². The molecule has 1 N–H and O–H groups in total. The van der Waals surface area contributed by atoms with Crippen molar-refractivity contribution in [2.24, 2.45) is 0 Å². The molecule has 2 heterocycles. The van der Waals surface area contributed by atoms with Gasteiger partial charge in [0.05, 0.1) is 37.9 Å². The molecule has 5 rings (SSSR count). The third kappa shape index (κ3) is 4.86. The number of likely N-dealkylation sites (tertiary alicyclic amines) is 1. The van der Waals surface area contributed by atoms with Crippen molar-refractivity contribution in [2.45, 2.75) is 12.6 Å². The molecule has 4 aromatic rings. The average molecular weight is 528 g/mol. The molecule has 1 amide bonds. The molecule has 8 heteroatoms. The van der Waals surface area contributed by atoms with Gasteiger partial charge in [-0.05, 0) is 53.4 Å². The molecule has 0 spiro atoms. The first-order valence-electron chi connectivity index (χ1n) is 11.9. The number of thiophene rings is 1. The normalized spacial score (nSPS) is 16.5. The first-order valence-corrected chi connectivity index (χ1v) is 12.7. The molecule has 1 aliphatic rings. The number of aliphatic hydroxyl groups excluding tert-OH is 1. The van der Waals surface area contributed by atoms with Crippen molar-refractivity contribution in [1.29, 1.82) is 0 Å². The van der Waals surface area contributed by atoms with Gasteiger partial charge in [-0.2, -0.15) is 0 Å². The number of para-hydroxylation sites is 1. The predicted octanol–water partition coefficient (Wildman–Crippen LogP) is 6.18. The number of hydrogen-bond donors (Lipinski definition) is 1. The van der Waals surface area contributed by atoms with Crippen LogP contribution in [0.25, 0.3) is 5.76 Å². The summed E-state index contributed by atoms with van der Waals surface area (Å²) in [6, 6.07) is 24.3. The molecule has 1 fully saturated rings. The number of hydrogen-bond acceptors (Lipinski definition) is 7. The van der Waals surface area contributed by atoms with Gasteiger partial charge in [0.15, 0.2) is 0 Å². The largest absolute Gasteiger partial charge is 0.507 e. The summed E-state index contributed by atoms with van der Waals surface area (Å²) in [5, 5.41) is 13.4. The standard InChI is InChI=1S/C30H25NO6S/c1-35-21-13-14-24(25(17-21)36-2)28(32)26-27(31(30(34)29(26)33)18-23-12-7-15-38-23)19-8-6-11-22(16-19)37-20-9-4-3-5-10-20/h3-17,27,32H,18H2,1-2H3/b28-26+. The average Bonchev–Trinajstić information content (AvgIpc) is 3.55. The Morgan fingerprint density at radius 2 is 1.66 bits per heavy atom. The minimum atomic E-state index is -0.844. The Bertz CT molecular complexity index is 1500. The van der Waals surface area contributed by atoms with Gasteiger partial charge in [0.1, 0.15) is 28.8 Å². The molecule has 0 radical (unpaired) electrons. The van der Waals surface area contributed by atoms with Gasteiger partial charge in [-0.3, -0.25) is 9.59 Å². The molecule has 1 atom stereocenters. The first kappa shape index (κ1) is 25.1. The lowest BCUT2D eigenvalue weighted by molar-refractivity contribution is -0.140. The van der Waals surface area contributed by atoms with Crippen LogP contribution in [0.15, 0.2) is 95.9 Å². The van der Waals surface area contributed by atoms with E-state index in [0.29, 0.717) is 28.6 Å². The lowest BCUT2D eigenvalue weighted by Crippen LogP contribution is -2.28. The second kappa shape index (κ2) is 10.8. The van der Waals surface area contributed by atoms with Crippen molar-refractivity contribution in [3.8, 4) is 23.0 Å². The second-order valence-corrected chi connectivity index (χ2v) is 9.59. The van der Waals surface area contributed by atoms with Gasteiger partial charge in [-0.1, -0.05) is 36.4 Å². The van der Waals surface area contributed by atoms with Crippen LogP contribution >= 0.6 is 11.3 Å². The number of ether oxygens (including phenoxy) is 3. The van der Waals surface area contributed by atoms with E-state index in [2.05, 4.69) is 0 Å². The number of Topliss-reactive ketones (excluding diaryl/α,β-unsaturated/α-hetero) is 1. The fraction of sp³-hybridized carbons (Fsp3) is 0.133. The van der Waals surface area contributed by atoms with Crippen LogP contribution in [0.3, 0.4) is 0 Å². The Kier molecular flexibility index (Phi) is 7.15. The van der Waals surface area contributed by atoms with Crippen molar-refractivity contribution in [3.63, 3.8) is 0 Å². The van der Waals surface area contributed by atoms with Crippen molar-refractivity contribution in [2.75, 3.05) is 14.2 Å². The number of methoxy groups -OCH3 is 2. The molecule has 3 aromatic carbocycles. The van der Waals surface area contributed by atoms with E-state index in [0.717, 1.165) is 4.88 Å². The molecular formula is C30H25NO6S. The molecule has 7 nitrogen and oxygen atoms in total. The summed E-state index contributed by atoms with van der Waals surface area (Å²) >= 11 is 1.49. The van der Waals surface area contributed by atoms with Gasteiger partial charge in [-0.15, -0.1) is 11.3 Å². The minimum Gasteiger partial charge on any atom is -0.507 e. The maximum atomic E-state index is 13.4. The zero-order valence-electron chi connectivity index (χ0n) is 20.8. The van der Waals surface area contributed by atoms with Gasteiger partial charge in [0, 0.05) is 10.9 Å². The zero-order valence-corrected chi connectivity index (χ0v) is 21.6. The van der Waals surface area contributed by atoms with Gasteiger partial charge in [-0.25, -0.2) is 0 Å². The first-order chi connectivity index (χ1) is 18.5. The van der Waals surface area contributed by atoms with Crippen LogP contribution in [0.5, 0.6) is 23.0 Å². The molecule has 1 unspecified atom stereocenters. The van der Waals surface area contributed by atoms with Gasteiger partial charge in [0.2, 0.25) is 0 Å². The topological polar surface area (TPSA) is 85.3 Å². The van der Waals surface area contributed by atoms with E-state index in [1.54, 1.807) is 36.4 Å². The highest BCUT2D eigenvalue weighted by Gasteiger charge is 2.46. The maximum absolute atomic E-state index is 13.4. The van der Waals surface area contributed by atoms with E-state index in [1.807, 2.05) is 53.9 Å². The van der Waals surface area contributed by atoms with E-state index in [-0.39, 0.29) is 23.4 Å². The quantitative estimate of drug-likeness (QED) is 0.167. The van der Waals surface area contributed by atoms with Crippen LogP contribution in [-0.4, -0.2) is 35.9 Å². The number of nitrogens with zero attached hydrogens (tertiary/aromatic N) is 1. The lowest BCUT2D eigenvalue weighted by Gasteiger charge is -2.25. The predicted molar refractivity (Wildman–Crippen MR) is 145 cm³/mol. The number of benzene rings is 3. The van der Waals surface area contributed by atoms with E-state index in [4.69, 9.17) is 14.2 Å². The van der Waals surface area contributed by atoms with E-state index >= 15 is 0 Å². The molecule has 1 aliphatic heterocycles. The molecule has 0 aliphatic carbocycles. The van der Waals surface area contributed by atoms with Crippen LogP contribution in [0, 0.1) is 0 Å². The van der Waals surface area contributed by atoms with Gasteiger partial charge < -0.3 is 24.2 Å². The van der Waals surface area contributed by atoms with E-state index in [1.165, 1.54) is 30.5 Å². The highest BCUT2D eigenvalue weighted by atomic mass is 32.1. The Hall–Kier alpha value is -4.56. The fourth-order valence-electron chi connectivity index (χ4n) is 4.47. The Morgan fingerprint density at radius 3 is 2.37 bits per heavy atom. The smallest absolute Gasteiger partial charge is 0.295 e. The maximum Gasteiger partial charge on any atom is 0.295 e. The summed E-state index contributed by atoms with van der Waals surface area (Å²) in [5.74, 6) is 0.252. The van der Waals surface area contributed by atoms with Crippen LogP contribution in [0.1, 0.15) is 22.0 Å². The molecular weight excluding hydrogens is 502 g/mol. The molecule has 0 bridgehead atoms. The van der Waals surface area contributed by atoms with Crippen molar-refractivity contribution in [3.05, 3.63) is 112 Å². The van der Waals surface area contributed by atoms with Crippen molar-refractivity contribution >= 4 is 28.8 Å². The summed E-state index contributed by atoms with van der Waals surface area (Å²) in [6.45, 7) is 0.215. The SMILES string of the molecule is COc1ccc(/C(O)=C2\C(=O)C(=O)N(Cc3cccs3)C2c2cccc(Oc3ccccc3)c2)c(OC)c1. The number of carbonyl (C=O) groups excluding carboxylic acids is 2. The third-order valence-electron chi connectivity index (χ3n) is 6.26. The Labute approximate surface area is 224 Å². The monoisotopic (exact) mass is 527 g/mol. The summed E-state index contributed by atoms with van der Waals surface area (Å²) in [4.78, 5) is 29.2. The van der Waals surface area contributed by atoms with Crippen molar-refractivity contribution < 1.29 is 28.9 Å². The summed E-state index contributed by atoms with van der Waals surface area (Å²) < 4.78 is 16.7. The van der Waals surface area contributed by atoms with Gasteiger partial charge >= 0.3 is 0 Å². The highest BCUT2D eigenvalue weighted by Crippen LogP contribution is 2.43. The molecule has 0 saturated carbocycles. The summed E-state index contributed by atoms with van der Waals surface area (Å²) in [5.41, 5.74) is 0.888. The number of ketones is 1. The van der Waals surface area contributed by atoms with Crippen LogP contribution in [0.2, 0.25) is 0 Å². The number of amides is 1. The van der Waals surface area contributed by atoms with E-state index < -0.39 is 17.7 Å². The summed E-state index contributed by atoms with van der Waals surface area (Å²) in [6.07, 6.45) is 0. The number of aliphatic hydroxyl groups is 1. The number of rotatable bonds is 8. The minimum absolute atomic E-state index is 0.0214. The van der Waals surface area contributed by atoms with Crippen molar-refractivity contribution in [1.82, 2.24) is 4.90 Å². The Morgan fingerprint density at radius 1 is 0.868 bits per heavy atom. The Balaban J connectivity index is 1.64.